The van der Waals surface area contributed by atoms with Crippen LogP contribution in [0.2, 0.25) is 0 Å². The van der Waals surface area contributed by atoms with Crippen LogP contribution in [0.3, 0.4) is 0 Å². The van der Waals surface area contributed by atoms with E-state index in [-0.39, 0.29) is 29.1 Å². The number of urea groups is 1. The zero-order valence-corrected chi connectivity index (χ0v) is 19.3. The zero-order valence-electron chi connectivity index (χ0n) is 17.7. The second kappa shape index (κ2) is 11.0. The van der Waals surface area contributed by atoms with Crippen molar-refractivity contribution in [3.63, 3.8) is 0 Å². The molecule has 11 heteroatoms. The molecule has 0 aliphatic carbocycles. The molecule has 1 aromatic carbocycles. The van der Waals surface area contributed by atoms with Gasteiger partial charge in [0, 0.05) is 49.7 Å². The summed E-state index contributed by atoms with van der Waals surface area (Å²) in [7, 11) is 0. The van der Waals surface area contributed by atoms with Gasteiger partial charge in [-0.25, -0.2) is 18.1 Å². The molecule has 1 aliphatic heterocycles. The van der Waals surface area contributed by atoms with Crippen LogP contribution in [0.25, 0.3) is 0 Å². The van der Waals surface area contributed by atoms with Crippen LogP contribution in [0.15, 0.2) is 39.9 Å². The van der Waals surface area contributed by atoms with E-state index in [2.05, 4.69) is 0 Å². The highest BCUT2D eigenvalue weighted by atomic mass is 32.2. The summed E-state index contributed by atoms with van der Waals surface area (Å²) in [5.41, 5.74) is -0.245. The van der Waals surface area contributed by atoms with Crippen LogP contribution in [0.4, 0.5) is 4.79 Å². The summed E-state index contributed by atoms with van der Waals surface area (Å²) in [6.07, 6.45) is 0.690. The van der Waals surface area contributed by atoms with Crippen molar-refractivity contribution in [3.8, 4) is 0 Å². The number of aromatic nitrogens is 2. The van der Waals surface area contributed by atoms with Crippen molar-refractivity contribution >= 4 is 29.5 Å². The van der Waals surface area contributed by atoms with E-state index in [1.165, 1.54) is 17.7 Å². The smallest absolute Gasteiger partial charge is 0.341 e. The molecule has 1 saturated heterocycles. The van der Waals surface area contributed by atoms with E-state index < -0.39 is 5.56 Å². The number of benzene rings is 1. The first kappa shape index (κ1) is 23.6. The maximum absolute atomic E-state index is 12.6. The van der Waals surface area contributed by atoms with E-state index in [0.717, 1.165) is 29.0 Å². The SMILES string of the molecule is CCN1SC(O)N(CCOCC(C)CCn2sc(=O)n(Cc3ccccc3)c2=O)C1=O. The number of ether oxygens (including phenoxy) is 1. The van der Waals surface area contributed by atoms with Gasteiger partial charge in [-0.1, -0.05) is 37.3 Å². The molecule has 170 valence electrons. The number of hydrogen-bond donors (Lipinski definition) is 1. The summed E-state index contributed by atoms with van der Waals surface area (Å²) in [5.74, 6) is 0.174. The van der Waals surface area contributed by atoms with E-state index in [4.69, 9.17) is 4.74 Å². The fraction of sp³-hybridized carbons (Fsp3) is 0.550. The molecule has 2 heterocycles. The van der Waals surface area contributed by atoms with E-state index in [1.807, 2.05) is 44.2 Å². The predicted molar refractivity (Wildman–Crippen MR) is 121 cm³/mol. The third-order valence-corrected chi connectivity index (χ3v) is 7.02. The number of hydrogen-bond acceptors (Lipinski definition) is 7. The summed E-state index contributed by atoms with van der Waals surface area (Å²) in [5, 5.41) is 9.94. The van der Waals surface area contributed by atoms with Crippen molar-refractivity contribution in [2.75, 3.05) is 26.3 Å². The van der Waals surface area contributed by atoms with Crippen LogP contribution in [-0.4, -0.2) is 60.7 Å². The van der Waals surface area contributed by atoms with Gasteiger partial charge < -0.3 is 9.84 Å². The van der Waals surface area contributed by atoms with Gasteiger partial charge in [0.2, 0.25) is 0 Å². The third kappa shape index (κ3) is 6.00. The summed E-state index contributed by atoms with van der Waals surface area (Å²) in [6, 6.07) is 9.23. The Labute approximate surface area is 189 Å². The molecule has 31 heavy (non-hydrogen) atoms. The molecule has 3 rings (SSSR count). The van der Waals surface area contributed by atoms with Crippen molar-refractivity contribution < 1.29 is 14.6 Å². The fourth-order valence-electron chi connectivity index (χ4n) is 3.17. The first-order valence-electron chi connectivity index (χ1n) is 10.3. The van der Waals surface area contributed by atoms with E-state index in [1.54, 1.807) is 0 Å². The lowest BCUT2D eigenvalue weighted by Gasteiger charge is -2.19. The molecule has 0 bridgehead atoms. The van der Waals surface area contributed by atoms with Crippen LogP contribution in [0.5, 0.6) is 0 Å². The second-order valence-electron chi connectivity index (χ2n) is 7.38. The second-order valence-corrected chi connectivity index (χ2v) is 9.43. The Balaban J connectivity index is 1.42. The molecular weight excluding hydrogens is 440 g/mol. The highest BCUT2D eigenvalue weighted by Crippen LogP contribution is 2.28. The number of carbonyl (C=O) groups is 1. The topological polar surface area (TPSA) is 97.0 Å². The molecule has 2 unspecified atom stereocenters. The van der Waals surface area contributed by atoms with Gasteiger partial charge in [-0.3, -0.25) is 14.0 Å². The molecule has 2 aromatic rings. The lowest BCUT2D eigenvalue weighted by Crippen LogP contribution is -2.37. The first-order valence-corrected chi connectivity index (χ1v) is 11.9. The Hall–Kier alpha value is -2.08. The molecule has 0 spiro atoms. The number of nitrogens with zero attached hydrogens (tertiary/aromatic N) is 4. The standard InChI is InChI=1S/C20H28N4O5S2/c1-3-23-17(25)21(19(27)30-23)11-12-29-14-15(2)9-10-24-18(26)22(20(28)31-24)13-16-7-5-4-6-8-16/h4-8,15,19,27H,3,9-14H2,1-2H3. The minimum Gasteiger partial charge on any atom is -0.379 e. The molecular formula is C20H28N4O5S2. The van der Waals surface area contributed by atoms with Gasteiger partial charge >= 0.3 is 16.6 Å². The van der Waals surface area contributed by atoms with Crippen LogP contribution in [-0.2, 0) is 17.8 Å². The molecule has 9 nitrogen and oxygen atoms in total. The van der Waals surface area contributed by atoms with Gasteiger partial charge in [0.05, 0.1) is 13.2 Å². The van der Waals surface area contributed by atoms with Gasteiger partial charge in [-0.15, -0.1) is 0 Å². The maximum atomic E-state index is 12.6. The lowest BCUT2D eigenvalue weighted by molar-refractivity contribution is 0.0526. The zero-order chi connectivity index (χ0) is 22.4. The van der Waals surface area contributed by atoms with E-state index in [9.17, 15) is 19.5 Å². The number of rotatable bonds is 11. The number of aryl methyl sites for hydroxylation is 1. The average Bonchev–Trinajstić information content (AvgIpc) is 3.19. The Morgan fingerprint density at radius 2 is 1.90 bits per heavy atom. The van der Waals surface area contributed by atoms with Crippen LogP contribution < -0.4 is 10.6 Å². The average molecular weight is 469 g/mol. The quantitative estimate of drug-likeness (QED) is 0.399. The highest BCUT2D eigenvalue weighted by molar-refractivity contribution is 7.98. The third-order valence-electron chi connectivity index (χ3n) is 4.97. The summed E-state index contributed by atoms with van der Waals surface area (Å²) >= 11 is 2.05. The van der Waals surface area contributed by atoms with Crippen molar-refractivity contribution in [1.29, 1.82) is 0 Å². The Bertz CT molecular complexity index is 974. The van der Waals surface area contributed by atoms with Gasteiger partial charge in [0.25, 0.3) is 0 Å². The number of carbonyl (C=O) groups excluding carboxylic acids is 1. The van der Waals surface area contributed by atoms with Gasteiger partial charge in [-0.05, 0) is 24.8 Å². The predicted octanol–water partition coefficient (Wildman–Crippen LogP) is 1.84. The Morgan fingerprint density at radius 3 is 2.58 bits per heavy atom. The molecule has 1 aromatic heterocycles. The van der Waals surface area contributed by atoms with E-state index in [0.29, 0.717) is 39.3 Å². The summed E-state index contributed by atoms with van der Waals surface area (Å²) in [6.45, 7) is 6.25. The lowest BCUT2D eigenvalue weighted by atomic mass is 10.1. The van der Waals surface area contributed by atoms with Crippen LogP contribution >= 0.6 is 23.5 Å². The normalized spacial score (nSPS) is 17.5. The van der Waals surface area contributed by atoms with Crippen LogP contribution in [0, 0.1) is 5.92 Å². The Morgan fingerprint density at radius 1 is 1.16 bits per heavy atom. The van der Waals surface area contributed by atoms with Crippen molar-refractivity contribution in [3.05, 3.63) is 56.0 Å². The fourth-order valence-corrected chi connectivity index (χ4v) is 4.86. The summed E-state index contributed by atoms with van der Waals surface area (Å²) in [4.78, 5) is 38.0. The van der Waals surface area contributed by atoms with Gasteiger partial charge in [-0.2, -0.15) is 0 Å². The minimum absolute atomic E-state index is 0.174. The van der Waals surface area contributed by atoms with Gasteiger partial charge in [0.1, 0.15) is 0 Å². The minimum atomic E-state index is -0.872. The number of amides is 2. The van der Waals surface area contributed by atoms with Crippen molar-refractivity contribution in [2.24, 2.45) is 5.92 Å². The van der Waals surface area contributed by atoms with Gasteiger partial charge in [0.15, 0.2) is 5.56 Å². The molecule has 1 N–H and O–H groups in total. The Kier molecular flexibility index (Phi) is 8.35. The number of aliphatic hydroxyl groups excluding tert-OH is 1. The maximum Gasteiger partial charge on any atom is 0.341 e. The molecule has 2 atom stereocenters. The highest BCUT2D eigenvalue weighted by Gasteiger charge is 2.35. The molecule has 1 aliphatic rings. The molecule has 1 fully saturated rings. The molecule has 2 amide bonds. The van der Waals surface area contributed by atoms with Crippen molar-refractivity contribution in [1.82, 2.24) is 17.7 Å². The van der Waals surface area contributed by atoms with E-state index >= 15 is 0 Å². The largest absolute Gasteiger partial charge is 0.379 e. The van der Waals surface area contributed by atoms with Crippen LogP contribution in [0.1, 0.15) is 25.8 Å². The summed E-state index contributed by atoms with van der Waals surface area (Å²) < 4.78 is 9.94. The molecule has 0 radical (unpaired) electrons. The number of aliphatic hydroxyl groups is 1. The van der Waals surface area contributed by atoms with Crippen molar-refractivity contribution in [2.45, 2.75) is 38.9 Å². The first-order chi connectivity index (χ1) is 14.9. The molecule has 0 saturated carbocycles. The monoisotopic (exact) mass is 468 g/mol.